The first-order valence-corrected chi connectivity index (χ1v) is 6.52. The Morgan fingerprint density at radius 3 is 3.11 bits per heavy atom. The minimum Gasteiger partial charge on any atom is -0.322 e. The second-order valence-corrected chi connectivity index (χ2v) is 4.81. The maximum atomic E-state index is 11.9. The molecule has 96 valence electrons. The zero-order chi connectivity index (χ0) is 13.2. The molecular formula is C11H8ClN5OS. The van der Waals surface area contributed by atoms with Crippen LogP contribution in [0.5, 0.6) is 0 Å². The molecule has 2 aromatic heterocycles. The van der Waals surface area contributed by atoms with Crippen molar-refractivity contribution in [3.63, 3.8) is 0 Å². The number of halogens is 1. The van der Waals surface area contributed by atoms with Crippen LogP contribution in [0.3, 0.4) is 0 Å². The van der Waals surface area contributed by atoms with E-state index in [1.165, 1.54) is 10.9 Å². The van der Waals surface area contributed by atoms with Gasteiger partial charge in [-0.3, -0.25) is 9.48 Å². The number of anilines is 1. The minimum atomic E-state index is -0.194. The molecular weight excluding hydrogens is 286 g/mol. The monoisotopic (exact) mass is 293 g/mol. The summed E-state index contributed by atoms with van der Waals surface area (Å²) in [6, 6.07) is 5.46. The van der Waals surface area contributed by atoms with Crippen LogP contribution in [0.1, 0.15) is 0 Å². The number of nitrogens with one attached hydrogen (secondary N) is 1. The van der Waals surface area contributed by atoms with Gasteiger partial charge in [0.05, 0.1) is 28.6 Å². The highest BCUT2D eigenvalue weighted by molar-refractivity contribution is 7.00. The normalized spacial score (nSPS) is 10.8. The van der Waals surface area contributed by atoms with Crippen LogP contribution in [0.15, 0.2) is 30.6 Å². The van der Waals surface area contributed by atoms with E-state index in [9.17, 15) is 4.79 Å². The molecule has 1 amide bonds. The first-order valence-electron chi connectivity index (χ1n) is 5.41. The lowest BCUT2D eigenvalue weighted by molar-refractivity contribution is -0.116. The second kappa shape index (κ2) is 4.94. The summed E-state index contributed by atoms with van der Waals surface area (Å²) >= 11 is 6.85. The topological polar surface area (TPSA) is 72.7 Å². The molecule has 0 aliphatic heterocycles. The number of nitrogens with zero attached hydrogens (tertiary/aromatic N) is 4. The second-order valence-electron chi connectivity index (χ2n) is 3.84. The molecule has 0 saturated carbocycles. The Labute approximate surface area is 117 Å². The Bertz CT molecular complexity index is 737. The van der Waals surface area contributed by atoms with E-state index in [1.807, 2.05) is 12.1 Å². The highest BCUT2D eigenvalue weighted by atomic mass is 35.5. The molecule has 0 radical (unpaired) electrons. The van der Waals surface area contributed by atoms with Crippen molar-refractivity contribution in [3.05, 3.63) is 35.6 Å². The molecule has 2 heterocycles. The van der Waals surface area contributed by atoms with Crippen LogP contribution < -0.4 is 5.32 Å². The van der Waals surface area contributed by atoms with E-state index in [4.69, 9.17) is 11.6 Å². The van der Waals surface area contributed by atoms with E-state index in [-0.39, 0.29) is 12.5 Å². The van der Waals surface area contributed by atoms with Crippen LogP contribution in [0.2, 0.25) is 5.02 Å². The van der Waals surface area contributed by atoms with Crippen molar-refractivity contribution >= 4 is 46.0 Å². The summed E-state index contributed by atoms with van der Waals surface area (Å²) in [6.45, 7) is 0.0979. The number of carbonyl (C=O) groups excluding carboxylic acids is 1. The molecule has 0 aliphatic carbocycles. The molecule has 1 N–H and O–H groups in total. The Balaban J connectivity index is 1.77. The third-order valence-corrected chi connectivity index (χ3v) is 3.21. The van der Waals surface area contributed by atoms with E-state index in [0.29, 0.717) is 16.2 Å². The third kappa shape index (κ3) is 2.56. The van der Waals surface area contributed by atoms with Crippen molar-refractivity contribution < 1.29 is 4.79 Å². The zero-order valence-corrected chi connectivity index (χ0v) is 11.1. The summed E-state index contributed by atoms with van der Waals surface area (Å²) in [5.74, 6) is -0.194. The van der Waals surface area contributed by atoms with Crippen molar-refractivity contribution in [1.29, 1.82) is 0 Å². The van der Waals surface area contributed by atoms with Gasteiger partial charge in [0.25, 0.3) is 0 Å². The Morgan fingerprint density at radius 1 is 1.42 bits per heavy atom. The molecule has 0 saturated heterocycles. The van der Waals surface area contributed by atoms with Gasteiger partial charge in [-0.05, 0) is 12.1 Å². The van der Waals surface area contributed by atoms with Crippen molar-refractivity contribution in [2.45, 2.75) is 6.54 Å². The van der Waals surface area contributed by atoms with Crippen LogP contribution in [-0.4, -0.2) is 24.4 Å². The number of hydrogen-bond acceptors (Lipinski definition) is 5. The summed E-state index contributed by atoms with van der Waals surface area (Å²) in [7, 11) is 0. The lowest BCUT2D eigenvalue weighted by Gasteiger charge is -2.05. The highest BCUT2D eigenvalue weighted by Gasteiger charge is 2.09. The quantitative estimate of drug-likeness (QED) is 0.803. The smallest absolute Gasteiger partial charge is 0.246 e. The molecule has 8 heteroatoms. The van der Waals surface area contributed by atoms with Gasteiger partial charge in [-0.2, -0.15) is 13.8 Å². The van der Waals surface area contributed by atoms with Gasteiger partial charge in [0, 0.05) is 6.20 Å². The largest absolute Gasteiger partial charge is 0.322 e. The Morgan fingerprint density at radius 2 is 2.32 bits per heavy atom. The molecule has 0 fully saturated rings. The fourth-order valence-electron chi connectivity index (χ4n) is 1.67. The van der Waals surface area contributed by atoms with Crippen molar-refractivity contribution in [2.75, 3.05) is 5.32 Å². The van der Waals surface area contributed by atoms with Gasteiger partial charge in [0.15, 0.2) is 0 Å². The maximum absolute atomic E-state index is 11.9. The van der Waals surface area contributed by atoms with Gasteiger partial charge in [0.1, 0.15) is 17.6 Å². The lowest BCUT2D eigenvalue weighted by Crippen LogP contribution is -2.19. The number of aromatic nitrogens is 4. The van der Waals surface area contributed by atoms with E-state index in [1.54, 1.807) is 12.3 Å². The summed E-state index contributed by atoms with van der Waals surface area (Å²) in [5.41, 5.74) is 2.11. The van der Waals surface area contributed by atoms with Gasteiger partial charge in [-0.25, -0.2) is 0 Å². The molecule has 6 nitrogen and oxygen atoms in total. The van der Waals surface area contributed by atoms with Gasteiger partial charge in [-0.1, -0.05) is 17.7 Å². The third-order valence-electron chi connectivity index (χ3n) is 2.47. The van der Waals surface area contributed by atoms with E-state index < -0.39 is 0 Å². The van der Waals surface area contributed by atoms with Crippen LogP contribution in [0.25, 0.3) is 11.0 Å². The molecule has 0 unspecified atom stereocenters. The molecule has 1 aromatic carbocycles. The average Bonchev–Trinajstić information content (AvgIpc) is 2.98. The van der Waals surface area contributed by atoms with E-state index in [0.717, 1.165) is 17.2 Å². The van der Waals surface area contributed by atoms with Crippen LogP contribution in [0, 0.1) is 0 Å². The molecule has 0 spiro atoms. The molecule has 0 aliphatic rings. The molecule has 3 aromatic rings. The van der Waals surface area contributed by atoms with Gasteiger partial charge < -0.3 is 5.32 Å². The maximum Gasteiger partial charge on any atom is 0.246 e. The van der Waals surface area contributed by atoms with Crippen LogP contribution >= 0.6 is 23.3 Å². The molecule has 0 atom stereocenters. The summed E-state index contributed by atoms with van der Waals surface area (Å²) < 4.78 is 9.74. The number of amides is 1. The van der Waals surface area contributed by atoms with E-state index in [2.05, 4.69) is 19.2 Å². The molecule has 0 bridgehead atoms. The van der Waals surface area contributed by atoms with Gasteiger partial charge in [0.2, 0.25) is 5.91 Å². The zero-order valence-electron chi connectivity index (χ0n) is 9.58. The van der Waals surface area contributed by atoms with Crippen molar-refractivity contribution in [3.8, 4) is 0 Å². The standard InChI is InChI=1S/C11H8ClN5OS/c12-7-4-13-17(5-7)6-10(18)14-8-2-1-3-9-11(8)16-19-15-9/h1-5H,6H2,(H,14,18). The number of fused-ring (bicyclic) bond motifs is 1. The lowest BCUT2D eigenvalue weighted by atomic mass is 10.2. The SMILES string of the molecule is O=C(Cn1cc(Cl)cn1)Nc1cccc2nsnc12. The fourth-order valence-corrected chi connectivity index (χ4v) is 2.37. The number of hydrogen-bond donors (Lipinski definition) is 1. The first-order chi connectivity index (χ1) is 9.22. The fraction of sp³-hybridized carbons (Fsp3) is 0.0909. The molecule has 19 heavy (non-hydrogen) atoms. The van der Waals surface area contributed by atoms with Crippen LogP contribution in [0.4, 0.5) is 5.69 Å². The predicted octanol–water partition coefficient (Wildman–Crippen LogP) is 2.18. The van der Waals surface area contributed by atoms with Crippen molar-refractivity contribution in [2.24, 2.45) is 0 Å². The Hall–Kier alpha value is -1.99. The van der Waals surface area contributed by atoms with Crippen LogP contribution in [-0.2, 0) is 11.3 Å². The Kier molecular flexibility index (Phi) is 3.14. The minimum absolute atomic E-state index is 0.0979. The van der Waals surface area contributed by atoms with Gasteiger partial charge >= 0.3 is 0 Å². The van der Waals surface area contributed by atoms with Gasteiger partial charge in [-0.15, -0.1) is 0 Å². The summed E-state index contributed by atoms with van der Waals surface area (Å²) in [6.07, 6.45) is 3.08. The van der Waals surface area contributed by atoms with Crippen molar-refractivity contribution in [1.82, 2.24) is 18.5 Å². The average molecular weight is 294 g/mol. The van der Waals surface area contributed by atoms with E-state index >= 15 is 0 Å². The number of benzene rings is 1. The summed E-state index contributed by atoms with van der Waals surface area (Å²) in [4.78, 5) is 11.9. The first kappa shape index (κ1) is 12.1. The number of rotatable bonds is 3. The highest BCUT2D eigenvalue weighted by Crippen LogP contribution is 2.21. The number of carbonyl (C=O) groups is 1. The summed E-state index contributed by atoms with van der Waals surface area (Å²) in [5, 5.41) is 7.24. The molecule has 3 rings (SSSR count). The predicted molar refractivity (Wildman–Crippen MR) is 73.3 cm³/mol.